The van der Waals surface area contributed by atoms with Crippen LogP contribution < -0.4 is 4.90 Å². The zero-order valence-corrected chi connectivity index (χ0v) is 12.1. The summed E-state index contributed by atoms with van der Waals surface area (Å²) < 4.78 is 0.854. The molecule has 3 heteroatoms. The Labute approximate surface area is 116 Å². The van der Waals surface area contributed by atoms with Crippen molar-refractivity contribution in [1.29, 1.82) is 0 Å². The van der Waals surface area contributed by atoms with Crippen LogP contribution in [0.2, 0.25) is 0 Å². The fourth-order valence-electron chi connectivity index (χ4n) is 1.58. The van der Waals surface area contributed by atoms with E-state index < -0.39 is 0 Å². The van der Waals surface area contributed by atoms with Crippen molar-refractivity contribution in [2.24, 2.45) is 0 Å². The molecule has 0 aliphatic rings. The van der Waals surface area contributed by atoms with Crippen LogP contribution in [0.5, 0.6) is 0 Å². The fourth-order valence-corrected chi connectivity index (χ4v) is 1.94. The molecule has 0 unspecified atom stereocenters. The molecule has 0 spiro atoms. The molecular weight excluding hydrogens is 288 g/mol. The molecule has 0 saturated heterocycles. The Morgan fingerprint density at radius 2 is 1.72 bits per heavy atom. The lowest BCUT2D eigenvalue weighted by atomic mass is 10.1. The molecule has 92 valence electrons. The molecule has 0 bridgehead atoms. The molecule has 0 N–H and O–H groups in total. The van der Waals surface area contributed by atoms with Crippen molar-refractivity contribution in [3.05, 3.63) is 58.3 Å². The number of benzene rings is 1. The van der Waals surface area contributed by atoms with Gasteiger partial charge in [-0.1, -0.05) is 24.3 Å². The van der Waals surface area contributed by atoms with Gasteiger partial charge in [-0.2, -0.15) is 0 Å². The highest BCUT2D eigenvalue weighted by atomic mass is 79.9. The normalized spacial score (nSPS) is 10.8. The van der Waals surface area contributed by atoms with Gasteiger partial charge in [0.05, 0.1) is 5.69 Å². The molecule has 0 fully saturated rings. The fraction of sp³-hybridized carbons (Fsp3) is 0.133. The first kappa shape index (κ1) is 12.8. The zero-order chi connectivity index (χ0) is 13.0. The summed E-state index contributed by atoms with van der Waals surface area (Å²) in [5.74, 6) is 0. The van der Waals surface area contributed by atoms with Crippen LogP contribution in [0.15, 0.2) is 47.1 Å². The monoisotopic (exact) mass is 302 g/mol. The lowest BCUT2D eigenvalue weighted by Crippen LogP contribution is -2.07. The molecule has 18 heavy (non-hydrogen) atoms. The number of pyridine rings is 1. The first-order valence-electron chi connectivity index (χ1n) is 5.73. The molecule has 2 aromatic rings. The second-order valence-corrected chi connectivity index (χ2v) is 5.02. The summed E-state index contributed by atoms with van der Waals surface area (Å²) >= 11 is 3.36. The van der Waals surface area contributed by atoms with E-state index >= 15 is 0 Å². The Morgan fingerprint density at radius 3 is 2.33 bits per heavy atom. The molecular formula is C15H15BrN2. The Hall–Kier alpha value is -1.61. The maximum atomic E-state index is 4.36. The number of aromatic nitrogens is 1. The minimum absolute atomic E-state index is 0.854. The van der Waals surface area contributed by atoms with Crippen LogP contribution in [0, 0.1) is 0 Å². The molecule has 0 radical (unpaired) electrons. The van der Waals surface area contributed by atoms with Gasteiger partial charge >= 0.3 is 0 Å². The second-order valence-electron chi connectivity index (χ2n) is 4.20. The lowest BCUT2D eigenvalue weighted by molar-refractivity contribution is 1.13. The Balaban J connectivity index is 2.14. The number of hydrogen-bond donors (Lipinski definition) is 0. The van der Waals surface area contributed by atoms with Gasteiger partial charge in [0, 0.05) is 19.8 Å². The molecule has 0 saturated carbocycles. The summed E-state index contributed by atoms with van der Waals surface area (Å²) in [7, 11) is 4.08. The van der Waals surface area contributed by atoms with Crippen LogP contribution in [0.3, 0.4) is 0 Å². The van der Waals surface area contributed by atoms with E-state index in [0.29, 0.717) is 0 Å². The van der Waals surface area contributed by atoms with E-state index in [1.165, 1.54) is 11.3 Å². The maximum absolute atomic E-state index is 4.36. The Bertz CT molecular complexity index is 545. The molecule has 1 heterocycles. The standard InChI is InChI=1S/C15H15BrN2/c1-18(2)14-10-7-12(8-11-14)6-9-13-4-3-5-15(16)17-13/h3-11H,1-2H3. The number of nitrogens with zero attached hydrogens (tertiary/aromatic N) is 2. The summed E-state index contributed by atoms with van der Waals surface area (Å²) in [5.41, 5.74) is 3.32. The van der Waals surface area contributed by atoms with Gasteiger partial charge in [0.15, 0.2) is 0 Å². The van der Waals surface area contributed by atoms with Crippen LogP contribution in [-0.2, 0) is 0 Å². The van der Waals surface area contributed by atoms with E-state index in [9.17, 15) is 0 Å². The minimum Gasteiger partial charge on any atom is -0.378 e. The average Bonchev–Trinajstić information content (AvgIpc) is 2.37. The molecule has 2 nitrogen and oxygen atoms in total. The van der Waals surface area contributed by atoms with Crippen LogP contribution in [0.1, 0.15) is 11.3 Å². The van der Waals surface area contributed by atoms with Gasteiger partial charge in [-0.15, -0.1) is 0 Å². The second kappa shape index (κ2) is 5.83. The predicted molar refractivity (Wildman–Crippen MR) is 81.6 cm³/mol. The maximum Gasteiger partial charge on any atom is 0.106 e. The molecule has 0 aliphatic heterocycles. The third kappa shape index (κ3) is 3.44. The van der Waals surface area contributed by atoms with Crippen LogP contribution in [0.4, 0.5) is 5.69 Å². The first-order chi connectivity index (χ1) is 8.65. The highest BCUT2D eigenvalue weighted by Gasteiger charge is 1.94. The largest absolute Gasteiger partial charge is 0.378 e. The molecule has 1 aromatic heterocycles. The molecule has 0 atom stereocenters. The topological polar surface area (TPSA) is 16.1 Å². The third-order valence-electron chi connectivity index (χ3n) is 2.59. The SMILES string of the molecule is CN(C)c1ccc(C=Cc2cccc(Br)n2)cc1. The number of halogens is 1. The molecule has 0 amide bonds. The van der Waals surface area contributed by atoms with Crippen molar-refractivity contribution >= 4 is 33.8 Å². The smallest absolute Gasteiger partial charge is 0.106 e. The predicted octanol–water partition coefficient (Wildman–Crippen LogP) is 4.08. The third-order valence-corrected chi connectivity index (χ3v) is 3.03. The highest BCUT2D eigenvalue weighted by Crippen LogP contribution is 2.14. The zero-order valence-electron chi connectivity index (χ0n) is 10.5. The molecule has 2 rings (SSSR count). The molecule has 1 aromatic carbocycles. The van der Waals surface area contributed by atoms with E-state index in [0.717, 1.165) is 10.3 Å². The van der Waals surface area contributed by atoms with Crippen molar-refractivity contribution in [2.45, 2.75) is 0 Å². The molecule has 0 aliphatic carbocycles. The summed E-state index contributed by atoms with van der Waals surface area (Å²) in [6.07, 6.45) is 4.07. The van der Waals surface area contributed by atoms with Crippen LogP contribution in [0.25, 0.3) is 12.2 Å². The summed E-state index contributed by atoms with van der Waals surface area (Å²) in [4.78, 5) is 6.44. The number of rotatable bonds is 3. The van der Waals surface area contributed by atoms with Gasteiger partial charge in [-0.3, -0.25) is 0 Å². The highest BCUT2D eigenvalue weighted by molar-refractivity contribution is 9.10. The van der Waals surface area contributed by atoms with Gasteiger partial charge in [-0.05, 0) is 51.8 Å². The van der Waals surface area contributed by atoms with E-state index in [2.05, 4.69) is 56.2 Å². The van der Waals surface area contributed by atoms with Crippen molar-refractivity contribution in [1.82, 2.24) is 4.98 Å². The van der Waals surface area contributed by atoms with E-state index in [4.69, 9.17) is 0 Å². The number of hydrogen-bond acceptors (Lipinski definition) is 2. The van der Waals surface area contributed by atoms with Crippen molar-refractivity contribution in [2.75, 3.05) is 19.0 Å². The van der Waals surface area contributed by atoms with E-state index in [-0.39, 0.29) is 0 Å². The van der Waals surface area contributed by atoms with Gasteiger partial charge < -0.3 is 4.90 Å². The van der Waals surface area contributed by atoms with Gasteiger partial charge in [0.25, 0.3) is 0 Å². The van der Waals surface area contributed by atoms with Crippen molar-refractivity contribution in [3.63, 3.8) is 0 Å². The lowest BCUT2D eigenvalue weighted by Gasteiger charge is -2.11. The van der Waals surface area contributed by atoms with E-state index in [1.807, 2.05) is 38.4 Å². The van der Waals surface area contributed by atoms with Crippen LogP contribution >= 0.6 is 15.9 Å². The van der Waals surface area contributed by atoms with Crippen molar-refractivity contribution in [3.8, 4) is 0 Å². The van der Waals surface area contributed by atoms with Gasteiger partial charge in [0.2, 0.25) is 0 Å². The summed E-state index contributed by atoms with van der Waals surface area (Å²) in [6, 6.07) is 14.3. The Morgan fingerprint density at radius 1 is 1.00 bits per heavy atom. The minimum atomic E-state index is 0.854. The van der Waals surface area contributed by atoms with Crippen molar-refractivity contribution < 1.29 is 0 Å². The van der Waals surface area contributed by atoms with E-state index in [1.54, 1.807) is 0 Å². The summed E-state index contributed by atoms with van der Waals surface area (Å²) in [5, 5.41) is 0. The average molecular weight is 303 g/mol. The first-order valence-corrected chi connectivity index (χ1v) is 6.52. The summed E-state index contributed by atoms with van der Waals surface area (Å²) in [6.45, 7) is 0. The number of anilines is 1. The van der Waals surface area contributed by atoms with Gasteiger partial charge in [0.1, 0.15) is 4.60 Å². The quantitative estimate of drug-likeness (QED) is 0.794. The Kier molecular flexibility index (Phi) is 4.15. The van der Waals surface area contributed by atoms with Crippen LogP contribution in [-0.4, -0.2) is 19.1 Å². The van der Waals surface area contributed by atoms with Gasteiger partial charge in [-0.25, -0.2) is 4.98 Å².